The molecule has 0 saturated heterocycles. The van der Waals surface area contributed by atoms with Crippen molar-refractivity contribution in [2.45, 2.75) is 70.1 Å². The van der Waals surface area contributed by atoms with E-state index in [1.54, 1.807) is 0 Å². The van der Waals surface area contributed by atoms with Crippen LogP contribution in [-0.4, -0.2) is 82.3 Å². The van der Waals surface area contributed by atoms with E-state index in [0.717, 1.165) is 0 Å². The summed E-state index contributed by atoms with van der Waals surface area (Å²) in [6, 6.07) is -5.28. The number of aliphatic hydroxyl groups is 1. The summed E-state index contributed by atoms with van der Waals surface area (Å²) in [6.45, 7) is 3.19. The smallest absolute Gasteiger partial charge is 0.328 e. The second-order valence-corrected chi connectivity index (χ2v) is 7.82. The summed E-state index contributed by atoms with van der Waals surface area (Å²) >= 11 is 0. The van der Waals surface area contributed by atoms with Gasteiger partial charge in [0.2, 0.25) is 17.7 Å². The predicted molar refractivity (Wildman–Crippen MR) is 113 cm³/mol. The van der Waals surface area contributed by atoms with E-state index in [1.165, 1.54) is 0 Å². The van der Waals surface area contributed by atoms with Crippen LogP contribution in [0.2, 0.25) is 0 Å². The van der Waals surface area contributed by atoms with E-state index in [-0.39, 0.29) is 12.3 Å². The molecule has 0 bridgehead atoms. The molecule has 32 heavy (non-hydrogen) atoms. The summed E-state index contributed by atoms with van der Waals surface area (Å²) in [5.74, 6) is -5.33. The monoisotopic (exact) mass is 461 g/mol. The number of aliphatic hydroxyl groups excluding tert-OH is 1. The summed E-state index contributed by atoms with van der Waals surface area (Å²) in [4.78, 5) is 59.6. The molecule has 4 unspecified atom stereocenters. The van der Waals surface area contributed by atoms with E-state index in [9.17, 15) is 24.0 Å². The number of carboxylic acids is 2. The zero-order chi connectivity index (χ0) is 24.8. The van der Waals surface area contributed by atoms with Crippen molar-refractivity contribution in [1.29, 1.82) is 0 Å². The van der Waals surface area contributed by atoms with Crippen LogP contribution in [0.3, 0.4) is 0 Å². The molecule has 0 spiro atoms. The molecular weight excluding hydrogens is 426 g/mol. The Balaban J connectivity index is 5.42. The van der Waals surface area contributed by atoms with Crippen LogP contribution >= 0.6 is 0 Å². The van der Waals surface area contributed by atoms with Gasteiger partial charge in [-0.15, -0.1) is 0 Å². The van der Waals surface area contributed by atoms with Gasteiger partial charge in [-0.05, 0) is 38.1 Å². The third-order valence-corrected chi connectivity index (χ3v) is 4.45. The predicted octanol–water partition coefficient (Wildman–Crippen LogP) is -2.51. The Labute approximate surface area is 186 Å². The van der Waals surface area contributed by atoms with Gasteiger partial charge in [-0.3, -0.25) is 19.2 Å². The minimum absolute atomic E-state index is 0.137. The van der Waals surface area contributed by atoms with Gasteiger partial charge in [0.05, 0.1) is 19.1 Å². The van der Waals surface area contributed by atoms with Crippen LogP contribution in [0.1, 0.15) is 46.0 Å². The highest BCUT2D eigenvalue weighted by atomic mass is 16.4. The second-order valence-electron chi connectivity index (χ2n) is 7.82. The lowest BCUT2D eigenvalue weighted by Gasteiger charge is -2.24. The second kappa shape index (κ2) is 15.1. The topological polar surface area (TPSA) is 234 Å². The van der Waals surface area contributed by atoms with E-state index >= 15 is 0 Å². The Morgan fingerprint density at radius 3 is 1.84 bits per heavy atom. The number of amides is 3. The molecule has 0 aliphatic carbocycles. The molecule has 4 atom stereocenters. The maximum atomic E-state index is 12.8. The molecule has 0 aliphatic heterocycles. The summed E-state index contributed by atoms with van der Waals surface area (Å²) in [5.41, 5.74) is 11.3. The lowest BCUT2D eigenvalue weighted by atomic mass is 10.0. The SMILES string of the molecule is CC(C)CC(N)C(=O)NC(CCCCN)C(=O)NC(CC(=O)O)C(=O)NC(CO)C(=O)O. The molecule has 0 heterocycles. The molecule has 0 aliphatic rings. The van der Waals surface area contributed by atoms with E-state index < -0.39 is 66.9 Å². The van der Waals surface area contributed by atoms with Crippen molar-refractivity contribution >= 4 is 29.7 Å². The maximum Gasteiger partial charge on any atom is 0.328 e. The molecule has 0 aromatic heterocycles. The Morgan fingerprint density at radius 1 is 0.844 bits per heavy atom. The van der Waals surface area contributed by atoms with Crippen molar-refractivity contribution in [3.8, 4) is 0 Å². The number of nitrogens with two attached hydrogens (primary N) is 2. The van der Waals surface area contributed by atoms with E-state index in [4.69, 9.17) is 26.8 Å². The van der Waals surface area contributed by atoms with Crippen LogP contribution in [0.25, 0.3) is 0 Å². The van der Waals surface area contributed by atoms with Gasteiger partial charge in [-0.2, -0.15) is 0 Å². The fourth-order valence-corrected chi connectivity index (χ4v) is 2.77. The van der Waals surface area contributed by atoms with Crippen LogP contribution in [0.15, 0.2) is 0 Å². The molecule has 0 rings (SSSR count). The van der Waals surface area contributed by atoms with Crippen molar-refractivity contribution in [3.05, 3.63) is 0 Å². The van der Waals surface area contributed by atoms with Gasteiger partial charge in [0.1, 0.15) is 18.1 Å². The number of carbonyl (C=O) groups excluding carboxylic acids is 3. The molecule has 13 heteroatoms. The quantitative estimate of drug-likeness (QED) is 0.112. The average Bonchev–Trinajstić information content (AvgIpc) is 2.69. The molecule has 0 aromatic rings. The van der Waals surface area contributed by atoms with Crippen molar-refractivity contribution in [3.63, 3.8) is 0 Å². The van der Waals surface area contributed by atoms with Crippen LogP contribution in [-0.2, 0) is 24.0 Å². The summed E-state index contributed by atoms with van der Waals surface area (Å²) in [6.07, 6.45) is 0.735. The minimum atomic E-state index is -1.68. The summed E-state index contributed by atoms with van der Waals surface area (Å²) in [7, 11) is 0. The normalized spacial score (nSPS) is 14.7. The minimum Gasteiger partial charge on any atom is -0.481 e. The Bertz CT molecular complexity index is 658. The van der Waals surface area contributed by atoms with E-state index in [1.807, 2.05) is 19.2 Å². The van der Waals surface area contributed by atoms with Crippen LogP contribution in [0.4, 0.5) is 0 Å². The molecule has 10 N–H and O–H groups in total. The first-order valence-corrected chi connectivity index (χ1v) is 10.3. The lowest BCUT2D eigenvalue weighted by Crippen LogP contribution is -2.57. The Kier molecular flexibility index (Phi) is 13.8. The lowest BCUT2D eigenvalue weighted by molar-refractivity contribution is -0.144. The first kappa shape index (κ1) is 29.2. The number of carboxylic acid groups (broad SMARTS) is 2. The van der Waals surface area contributed by atoms with Gasteiger partial charge >= 0.3 is 11.9 Å². The highest BCUT2D eigenvalue weighted by molar-refractivity contribution is 5.95. The number of nitrogens with one attached hydrogen (secondary N) is 3. The Hall–Kier alpha value is -2.77. The summed E-state index contributed by atoms with van der Waals surface area (Å²) < 4.78 is 0. The van der Waals surface area contributed by atoms with Gasteiger partial charge in [-0.1, -0.05) is 13.8 Å². The first-order valence-electron chi connectivity index (χ1n) is 10.3. The molecule has 0 fully saturated rings. The number of hydrogen-bond donors (Lipinski definition) is 8. The van der Waals surface area contributed by atoms with Crippen molar-refractivity contribution in [2.75, 3.05) is 13.2 Å². The Morgan fingerprint density at radius 2 is 1.38 bits per heavy atom. The van der Waals surface area contributed by atoms with Crippen molar-refractivity contribution < 1.29 is 39.3 Å². The summed E-state index contributed by atoms with van der Waals surface area (Å²) in [5, 5.41) is 33.8. The van der Waals surface area contributed by atoms with Gasteiger partial charge in [0, 0.05) is 0 Å². The fourth-order valence-electron chi connectivity index (χ4n) is 2.77. The van der Waals surface area contributed by atoms with Gasteiger partial charge in [0.15, 0.2) is 0 Å². The zero-order valence-corrected chi connectivity index (χ0v) is 18.4. The standard InChI is InChI=1S/C19H35N5O8/c1-10(2)7-11(21)16(28)22-12(5-3-4-6-20)17(29)23-13(8-15(26)27)18(30)24-14(9-25)19(31)32/h10-14,25H,3-9,20-21H2,1-2H3,(H,22,28)(H,23,29)(H,24,30)(H,26,27)(H,31,32). The van der Waals surface area contributed by atoms with Gasteiger partial charge < -0.3 is 42.7 Å². The molecule has 3 amide bonds. The number of hydrogen-bond acceptors (Lipinski definition) is 8. The molecule has 0 radical (unpaired) electrons. The number of unbranched alkanes of at least 4 members (excludes halogenated alkanes) is 1. The third kappa shape index (κ3) is 11.6. The number of rotatable bonds is 16. The third-order valence-electron chi connectivity index (χ3n) is 4.45. The van der Waals surface area contributed by atoms with E-state index in [2.05, 4.69) is 10.6 Å². The van der Waals surface area contributed by atoms with Gasteiger partial charge in [0.25, 0.3) is 0 Å². The van der Waals surface area contributed by atoms with Crippen LogP contribution in [0, 0.1) is 5.92 Å². The molecular formula is C19H35N5O8. The number of carbonyl (C=O) groups is 5. The maximum absolute atomic E-state index is 12.8. The molecule has 0 aromatic carbocycles. The molecule has 184 valence electrons. The van der Waals surface area contributed by atoms with Crippen molar-refractivity contribution in [1.82, 2.24) is 16.0 Å². The number of aliphatic carboxylic acids is 2. The highest BCUT2D eigenvalue weighted by Crippen LogP contribution is 2.07. The molecule has 13 nitrogen and oxygen atoms in total. The largest absolute Gasteiger partial charge is 0.481 e. The zero-order valence-electron chi connectivity index (χ0n) is 18.4. The van der Waals surface area contributed by atoms with Crippen LogP contribution in [0.5, 0.6) is 0 Å². The van der Waals surface area contributed by atoms with Gasteiger partial charge in [-0.25, -0.2) is 4.79 Å². The van der Waals surface area contributed by atoms with Crippen molar-refractivity contribution in [2.24, 2.45) is 17.4 Å². The van der Waals surface area contributed by atoms with E-state index in [0.29, 0.717) is 25.8 Å². The fraction of sp³-hybridized carbons (Fsp3) is 0.737. The average molecular weight is 462 g/mol. The molecule has 0 saturated carbocycles. The first-order chi connectivity index (χ1) is 14.9. The van der Waals surface area contributed by atoms with Crippen LogP contribution < -0.4 is 27.4 Å². The highest BCUT2D eigenvalue weighted by Gasteiger charge is 2.31.